The van der Waals surface area contributed by atoms with Crippen molar-refractivity contribution < 1.29 is 0 Å². The maximum absolute atomic E-state index is 6.13. The van der Waals surface area contributed by atoms with Gasteiger partial charge < -0.3 is 9.80 Å². The molecule has 1 aromatic heterocycles. The lowest BCUT2D eigenvalue weighted by Crippen LogP contribution is -2.46. The second-order valence-corrected chi connectivity index (χ2v) is 4.69. The van der Waals surface area contributed by atoms with Gasteiger partial charge in [-0.1, -0.05) is 30.1 Å². The number of hydrogen-bond donors (Lipinski definition) is 0. The predicted molar refractivity (Wildman–Crippen MR) is 68.6 cm³/mol. The number of likely N-dealkylation sites (N-methyl/N-ethyl adjacent to an activating group) is 1. The van der Waals surface area contributed by atoms with Crippen molar-refractivity contribution in [3.05, 3.63) is 22.4 Å². The highest BCUT2D eigenvalue weighted by atomic mass is 35.5. The molecule has 0 radical (unpaired) electrons. The molecule has 3 nitrogen and oxygen atoms in total. The number of pyridine rings is 1. The van der Waals surface area contributed by atoms with Crippen LogP contribution in [0.4, 0.5) is 5.69 Å². The fourth-order valence-corrected chi connectivity index (χ4v) is 2.60. The van der Waals surface area contributed by atoms with Gasteiger partial charge in [0.25, 0.3) is 0 Å². The van der Waals surface area contributed by atoms with E-state index in [2.05, 4.69) is 21.7 Å². The first kappa shape index (κ1) is 12.0. The number of aromatic nitrogens is 1. The minimum absolute atomic E-state index is 0.637. The smallest absolute Gasteiger partial charge is 0.0838 e. The van der Waals surface area contributed by atoms with Gasteiger partial charge in [-0.2, -0.15) is 0 Å². The molecule has 2 heterocycles. The first-order valence-electron chi connectivity index (χ1n) is 5.48. The van der Waals surface area contributed by atoms with Gasteiger partial charge in [0.2, 0.25) is 0 Å². The van der Waals surface area contributed by atoms with E-state index in [1.807, 2.05) is 0 Å². The number of anilines is 1. The quantitative estimate of drug-likeness (QED) is 0.814. The summed E-state index contributed by atoms with van der Waals surface area (Å²) in [4.78, 5) is 8.62. The molecule has 88 valence electrons. The molecule has 1 aliphatic heterocycles. The summed E-state index contributed by atoms with van der Waals surface area (Å²) in [6, 6.07) is 0. The van der Waals surface area contributed by atoms with Crippen LogP contribution in [0.25, 0.3) is 0 Å². The van der Waals surface area contributed by atoms with Crippen LogP contribution in [0.3, 0.4) is 0 Å². The summed E-state index contributed by atoms with van der Waals surface area (Å²) in [6.07, 6.45) is 3.30. The number of rotatable bonds is 2. The third kappa shape index (κ3) is 2.42. The first-order valence-corrected chi connectivity index (χ1v) is 6.24. The van der Waals surface area contributed by atoms with Crippen molar-refractivity contribution in [3.8, 4) is 0 Å². The van der Waals surface area contributed by atoms with Crippen molar-refractivity contribution >= 4 is 28.9 Å². The molecule has 1 aromatic rings. The molecule has 2 rings (SSSR count). The van der Waals surface area contributed by atoms with Gasteiger partial charge in [-0.3, -0.25) is 4.98 Å². The topological polar surface area (TPSA) is 19.4 Å². The summed E-state index contributed by atoms with van der Waals surface area (Å²) >= 11 is 12.3. The van der Waals surface area contributed by atoms with Crippen molar-refractivity contribution in [1.82, 2.24) is 9.88 Å². The Balaban J connectivity index is 2.14. The number of piperazine rings is 1. The monoisotopic (exact) mass is 259 g/mol. The Kier molecular flexibility index (Phi) is 3.90. The lowest BCUT2D eigenvalue weighted by Gasteiger charge is -2.36. The van der Waals surface area contributed by atoms with E-state index in [0.29, 0.717) is 10.0 Å². The van der Waals surface area contributed by atoms with Crippen molar-refractivity contribution in [2.24, 2.45) is 0 Å². The summed E-state index contributed by atoms with van der Waals surface area (Å²) in [6.45, 7) is 7.35. The van der Waals surface area contributed by atoms with E-state index in [9.17, 15) is 0 Å². The van der Waals surface area contributed by atoms with Gasteiger partial charge in [0.15, 0.2) is 0 Å². The fourth-order valence-electron chi connectivity index (χ4n) is 1.99. The summed E-state index contributed by atoms with van der Waals surface area (Å²) < 4.78 is 0. The van der Waals surface area contributed by atoms with E-state index < -0.39 is 0 Å². The van der Waals surface area contributed by atoms with E-state index >= 15 is 0 Å². The van der Waals surface area contributed by atoms with Crippen molar-refractivity contribution in [2.75, 3.05) is 37.6 Å². The van der Waals surface area contributed by atoms with E-state index in [1.165, 1.54) is 0 Å². The molecule has 0 aromatic carbocycles. The second kappa shape index (κ2) is 5.21. The normalized spacial score (nSPS) is 17.8. The Morgan fingerprint density at radius 3 is 2.19 bits per heavy atom. The molecular weight excluding hydrogens is 245 g/mol. The van der Waals surface area contributed by atoms with Crippen LogP contribution in [-0.2, 0) is 0 Å². The van der Waals surface area contributed by atoms with E-state index in [4.69, 9.17) is 23.2 Å². The van der Waals surface area contributed by atoms with Crippen LogP contribution >= 0.6 is 23.2 Å². The van der Waals surface area contributed by atoms with Crippen LogP contribution in [0, 0.1) is 0 Å². The van der Waals surface area contributed by atoms with Crippen LogP contribution in [0.1, 0.15) is 6.92 Å². The van der Waals surface area contributed by atoms with E-state index in [0.717, 1.165) is 38.4 Å². The maximum Gasteiger partial charge on any atom is 0.0838 e. The highest BCUT2D eigenvalue weighted by Crippen LogP contribution is 2.32. The molecule has 0 unspecified atom stereocenters. The first-order chi connectivity index (χ1) is 7.72. The summed E-state index contributed by atoms with van der Waals surface area (Å²) in [5, 5.41) is 1.27. The van der Waals surface area contributed by atoms with Gasteiger partial charge in [-0.25, -0.2) is 0 Å². The Hall–Kier alpha value is -0.510. The zero-order valence-electron chi connectivity index (χ0n) is 9.29. The predicted octanol–water partition coefficient (Wildman–Crippen LogP) is 2.53. The largest absolute Gasteiger partial charge is 0.366 e. The molecule has 16 heavy (non-hydrogen) atoms. The van der Waals surface area contributed by atoms with Crippen molar-refractivity contribution in [1.29, 1.82) is 0 Å². The Bertz CT molecular complexity index is 342. The second-order valence-electron chi connectivity index (χ2n) is 3.87. The number of hydrogen-bond acceptors (Lipinski definition) is 3. The van der Waals surface area contributed by atoms with Crippen molar-refractivity contribution in [3.63, 3.8) is 0 Å². The van der Waals surface area contributed by atoms with Crippen LogP contribution in [-0.4, -0.2) is 42.6 Å². The summed E-state index contributed by atoms with van der Waals surface area (Å²) in [5.74, 6) is 0. The van der Waals surface area contributed by atoms with E-state index in [1.54, 1.807) is 12.4 Å². The average Bonchev–Trinajstić information content (AvgIpc) is 2.30. The van der Waals surface area contributed by atoms with Crippen LogP contribution in [0.2, 0.25) is 10.0 Å². The highest BCUT2D eigenvalue weighted by molar-refractivity contribution is 6.38. The lowest BCUT2D eigenvalue weighted by atomic mass is 10.2. The molecule has 5 heteroatoms. The molecule has 0 atom stereocenters. The van der Waals surface area contributed by atoms with Gasteiger partial charge >= 0.3 is 0 Å². The highest BCUT2D eigenvalue weighted by Gasteiger charge is 2.19. The number of nitrogens with zero attached hydrogens (tertiary/aromatic N) is 3. The van der Waals surface area contributed by atoms with Gasteiger partial charge in [-0.05, 0) is 6.54 Å². The molecule has 1 aliphatic rings. The average molecular weight is 260 g/mol. The van der Waals surface area contributed by atoms with Crippen LogP contribution in [0.15, 0.2) is 12.4 Å². The third-order valence-corrected chi connectivity index (χ3v) is 3.52. The Labute approximate surface area is 106 Å². The molecule has 0 amide bonds. The molecule has 0 spiro atoms. The molecule has 1 fully saturated rings. The molecule has 1 saturated heterocycles. The SMILES string of the molecule is CCN1CCN(c2c(Cl)cncc2Cl)CC1. The number of halogens is 2. The molecule has 0 N–H and O–H groups in total. The van der Waals surface area contributed by atoms with Gasteiger partial charge in [-0.15, -0.1) is 0 Å². The summed E-state index contributed by atoms with van der Waals surface area (Å²) in [5.41, 5.74) is 0.925. The molecule has 0 aliphatic carbocycles. The Morgan fingerprint density at radius 1 is 1.12 bits per heavy atom. The Morgan fingerprint density at radius 2 is 1.69 bits per heavy atom. The van der Waals surface area contributed by atoms with Crippen molar-refractivity contribution in [2.45, 2.75) is 6.92 Å². The third-order valence-electron chi connectivity index (χ3n) is 2.96. The maximum atomic E-state index is 6.13. The lowest BCUT2D eigenvalue weighted by molar-refractivity contribution is 0.271. The molecule has 0 saturated carbocycles. The molecule has 0 bridgehead atoms. The zero-order valence-corrected chi connectivity index (χ0v) is 10.8. The standard InChI is InChI=1S/C11H15Cl2N3/c1-2-15-3-5-16(6-4-15)11-9(12)7-14-8-10(11)13/h7-8H,2-6H2,1H3. The van der Waals surface area contributed by atoms with Gasteiger partial charge in [0.1, 0.15) is 0 Å². The molecular formula is C11H15Cl2N3. The van der Waals surface area contributed by atoms with Gasteiger partial charge in [0.05, 0.1) is 15.7 Å². The van der Waals surface area contributed by atoms with E-state index in [-0.39, 0.29) is 0 Å². The van der Waals surface area contributed by atoms with Crippen LogP contribution < -0.4 is 4.90 Å². The summed E-state index contributed by atoms with van der Waals surface area (Å²) in [7, 11) is 0. The van der Waals surface area contributed by atoms with Crippen LogP contribution in [0.5, 0.6) is 0 Å². The fraction of sp³-hybridized carbons (Fsp3) is 0.545. The minimum Gasteiger partial charge on any atom is -0.366 e. The van der Waals surface area contributed by atoms with Gasteiger partial charge in [0, 0.05) is 38.6 Å². The minimum atomic E-state index is 0.637. The zero-order chi connectivity index (χ0) is 11.5.